The number of carbonyl (C=O) groups is 1. The summed E-state index contributed by atoms with van der Waals surface area (Å²) in [6, 6.07) is 5.56. The van der Waals surface area contributed by atoms with Crippen LogP contribution in [0, 0.1) is 20.8 Å². The fraction of sp³-hybridized carbons (Fsp3) is 0.294. The Morgan fingerprint density at radius 3 is 2.72 bits per heavy atom. The second kappa shape index (κ2) is 6.93. The van der Waals surface area contributed by atoms with E-state index >= 15 is 0 Å². The van der Waals surface area contributed by atoms with Gasteiger partial charge in [0.15, 0.2) is 5.13 Å². The minimum Gasteiger partial charge on any atom is -0.302 e. The summed E-state index contributed by atoms with van der Waals surface area (Å²) in [7, 11) is 0. The third-order valence-electron chi connectivity index (χ3n) is 3.82. The number of nitrogens with one attached hydrogen (secondary N) is 1. The Hall–Kier alpha value is -2.25. The Morgan fingerprint density at radius 1 is 1.24 bits per heavy atom. The van der Waals surface area contributed by atoms with Crippen molar-refractivity contribution in [1.29, 1.82) is 0 Å². The number of rotatable bonds is 4. The predicted molar refractivity (Wildman–Crippen MR) is 101 cm³/mol. The summed E-state index contributed by atoms with van der Waals surface area (Å²) in [5.41, 5.74) is 2.85. The molecular formula is C17H17ClN4O2S. The van der Waals surface area contributed by atoms with Crippen LogP contribution in [-0.4, -0.2) is 20.4 Å². The van der Waals surface area contributed by atoms with Gasteiger partial charge in [-0.2, -0.15) is 4.98 Å². The average Bonchev–Trinajstić information content (AvgIpc) is 2.87. The maximum Gasteiger partial charge on any atom is 0.347 e. The van der Waals surface area contributed by atoms with Crippen molar-refractivity contribution in [3.8, 4) is 0 Å². The largest absolute Gasteiger partial charge is 0.347 e. The molecule has 1 amide bonds. The topological polar surface area (TPSA) is 76.9 Å². The highest BCUT2D eigenvalue weighted by atomic mass is 35.5. The van der Waals surface area contributed by atoms with Crippen LogP contribution >= 0.6 is 22.9 Å². The lowest BCUT2D eigenvalue weighted by atomic mass is 10.2. The summed E-state index contributed by atoms with van der Waals surface area (Å²) in [6.45, 7) is 5.80. The first-order valence-corrected chi connectivity index (χ1v) is 8.94. The predicted octanol–water partition coefficient (Wildman–Crippen LogP) is 3.46. The highest BCUT2D eigenvalue weighted by Gasteiger charge is 2.11. The van der Waals surface area contributed by atoms with Crippen LogP contribution in [0.4, 0.5) is 5.13 Å². The lowest BCUT2D eigenvalue weighted by molar-refractivity contribution is -0.116. The highest BCUT2D eigenvalue weighted by molar-refractivity contribution is 7.22. The number of amides is 1. The van der Waals surface area contributed by atoms with Crippen molar-refractivity contribution in [3.63, 3.8) is 0 Å². The summed E-state index contributed by atoms with van der Waals surface area (Å²) in [5.74, 6) is -0.200. The van der Waals surface area contributed by atoms with Gasteiger partial charge in [0.2, 0.25) is 5.91 Å². The van der Waals surface area contributed by atoms with Gasteiger partial charge in [-0.05, 0) is 44.5 Å². The molecule has 0 aliphatic rings. The van der Waals surface area contributed by atoms with Crippen LogP contribution in [0.15, 0.2) is 23.0 Å². The van der Waals surface area contributed by atoms with E-state index in [-0.39, 0.29) is 24.6 Å². The van der Waals surface area contributed by atoms with E-state index in [1.807, 2.05) is 26.0 Å². The maximum absolute atomic E-state index is 12.2. The van der Waals surface area contributed by atoms with Gasteiger partial charge in [0, 0.05) is 29.4 Å². The Kier molecular flexibility index (Phi) is 4.87. The van der Waals surface area contributed by atoms with E-state index in [4.69, 9.17) is 11.6 Å². The molecule has 1 aromatic carbocycles. The van der Waals surface area contributed by atoms with Crippen molar-refractivity contribution in [2.75, 3.05) is 5.32 Å². The molecule has 6 nitrogen and oxygen atoms in total. The molecule has 0 saturated heterocycles. The van der Waals surface area contributed by atoms with E-state index in [0.717, 1.165) is 21.5 Å². The smallest absolute Gasteiger partial charge is 0.302 e. The van der Waals surface area contributed by atoms with E-state index < -0.39 is 0 Å². The molecule has 2 aromatic heterocycles. The zero-order chi connectivity index (χ0) is 18.1. The molecule has 3 rings (SSSR count). The number of aryl methyl sites for hydroxylation is 3. The fourth-order valence-electron chi connectivity index (χ4n) is 2.55. The molecule has 25 heavy (non-hydrogen) atoms. The van der Waals surface area contributed by atoms with Crippen LogP contribution in [0.1, 0.15) is 23.4 Å². The monoisotopic (exact) mass is 376 g/mol. The molecule has 0 unspecified atom stereocenters. The summed E-state index contributed by atoms with van der Waals surface area (Å²) in [5, 5.41) is 3.95. The number of thiazole rings is 1. The second-order valence-corrected chi connectivity index (χ2v) is 7.30. The normalized spacial score (nSPS) is 11.0. The minimum absolute atomic E-state index is 0.168. The lowest BCUT2D eigenvalue weighted by Crippen LogP contribution is -2.27. The van der Waals surface area contributed by atoms with E-state index in [1.54, 1.807) is 13.0 Å². The number of aromatic nitrogens is 3. The van der Waals surface area contributed by atoms with Gasteiger partial charge >= 0.3 is 5.69 Å². The first-order valence-electron chi connectivity index (χ1n) is 7.75. The van der Waals surface area contributed by atoms with Crippen molar-refractivity contribution < 1.29 is 4.79 Å². The summed E-state index contributed by atoms with van der Waals surface area (Å²) in [6.07, 6.45) is 0.168. The number of hydrogen-bond acceptors (Lipinski definition) is 5. The standard InChI is InChI=1S/C17H17ClN4O2S/c1-9-6-14-13(8-12(9)18)20-16(25-14)21-15(23)4-5-22-11(3)7-10(2)19-17(22)24/h6-8H,4-5H2,1-3H3,(H,20,21,23). The second-order valence-electron chi connectivity index (χ2n) is 5.86. The van der Waals surface area contributed by atoms with E-state index in [2.05, 4.69) is 15.3 Å². The third kappa shape index (κ3) is 3.88. The van der Waals surface area contributed by atoms with E-state index in [9.17, 15) is 9.59 Å². The van der Waals surface area contributed by atoms with Crippen molar-refractivity contribution >= 4 is 44.2 Å². The Labute approximate surface area is 153 Å². The van der Waals surface area contributed by atoms with Gasteiger partial charge < -0.3 is 5.32 Å². The summed E-state index contributed by atoms with van der Waals surface area (Å²) >= 11 is 7.50. The maximum atomic E-state index is 12.2. The molecule has 0 spiro atoms. The number of halogens is 1. The molecule has 0 radical (unpaired) electrons. The number of carbonyl (C=O) groups excluding carboxylic acids is 1. The first-order chi connectivity index (χ1) is 11.8. The summed E-state index contributed by atoms with van der Waals surface area (Å²) in [4.78, 5) is 32.4. The van der Waals surface area contributed by atoms with Crippen molar-refractivity contribution in [2.24, 2.45) is 0 Å². The van der Waals surface area contributed by atoms with Crippen molar-refractivity contribution in [1.82, 2.24) is 14.5 Å². The molecule has 0 aliphatic heterocycles. The first kappa shape index (κ1) is 17.6. The van der Waals surface area contributed by atoms with Gasteiger partial charge in [0.05, 0.1) is 10.2 Å². The van der Waals surface area contributed by atoms with Gasteiger partial charge in [0.1, 0.15) is 0 Å². The molecule has 0 atom stereocenters. The summed E-state index contributed by atoms with van der Waals surface area (Å²) < 4.78 is 2.46. The van der Waals surface area contributed by atoms with Crippen LogP contribution in [0.2, 0.25) is 5.02 Å². The number of fused-ring (bicyclic) bond motifs is 1. The van der Waals surface area contributed by atoms with Gasteiger partial charge in [-0.1, -0.05) is 22.9 Å². The Bertz CT molecular complexity index is 986. The van der Waals surface area contributed by atoms with Crippen LogP contribution in [0.5, 0.6) is 0 Å². The number of benzene rings is 1. The molecule has 0 saturated carbocycles. The minimum atomic E-state index is -0.338. The molecule has 0 fully saturated rings. The molecule has 0 aliphatic carbocycles. The number of anilines is 1. The van der Waals surface area contributed by atoms with Crippen LogP contribution in [-0.2, 0) is 11.3 Å². The zero-order valence-corrected chi connectivity index (χ0v) is 15.7. The lowest BCUT2D eigenvalue weighted by Gasteiger charge is -2.09. The molecule has 130 valence electrons. The van der Waals surface area contributed by atoms with Crippen molar-refractivity contribution in [2.45, 2.75) is 33.7 Å². The quantitative estimate of drug-likeness (QED) is 0.756. The van der Waals surface area contributed by atoms with Gasteiger partial charge in [0.25, 0.3) is 0 Å². The zero-order valence-electron chi connectivity index (χ0n) is 14.1. The molecule has 3 aromatic rings. The molecular weight excluding hydrogens is 360 g/mol. The Morgan fingerprint density at radius 2 is 2.00 bits per heavy atom. The Balaban J connectivity index is 1.70. The molecule has 0 bridgehead atoms. The molecule has 8 heteroatoms. The number of nitrogens with zero attached hydrogens (tertiary/aromatic N) is 3. The van der Waals surface area contributed by atoms with Gasteiger partial charge in [-0.15, -0.1) is 0 Å². The van der Waals surface area contributed by atoms with E-state index in [1.165, 1.54) is 15.9 Å². The number of hydrogen-bond donors (Lipinski definition) is 1. The molecule has 1 N–H and O–H groups in total. The van der Waals surface area contributed by atoms with Crippen LogP contribution in [0.3, 0.4) is 0 Å². The third-order valence-corrected chi connectivity index (χ3v) is 5.16. The van der Waals surface area contributed by atoms with Crippen LogP contribution in [0.25, 0.3) is 10.2 Å². The van der Waals surface area contributed by atoms with Crippen LogP contribution < -0.4 is 11.0 Å². The molecule has 2 heterocycles. The van der Waals surface area contributed by atoms with Crippen molar-refractivity contribution in [3.05, 3.63) is 50.7 Å². The van der Waals surface area contributed by atoms with Gasteiger partial charge in [-0.3, -0.25) is 9.36 Å². The average molecular weight is 377 g/mol. The SMILES string of the molecule is Cc1cc(C)n(CCC(=O)Nc2nc3cc(Cl)c(C)cc3s2)c(=O)n1. The van der Waals surface area contributed by atoms with E-state index in [0.29, 0.717) is 15.8 Å². The van der Waals surface area contributed by atoms with Gasteiger partial charge in [-0.25, -0.2) is 9.78 Å². The highest BCUT2D eigenvalue weighted by Crippen LogP contribution is 2.30. The fourth-order valence-corrected chi connectivity index (χ4v) is 3.67.